The molecule has 0 aliphatic carbocycles. The van der Waals surface area contributed by atoms with Crippen LogP contribution in [0.1, 0.15) is 19.8 Å². The Labute approximate surface area is 127 Å². The second-order valence-electron chi connectivity index (χ2n) is 4.56. The summed E-state index contributed by atoms with van der Waals surface area (Å²) in [6, 6.07) is 6.39. The lowest BCUT2D eigenvalue weighted by Crippen LogP contribution is -2.21. The topological polar surface area (TPSA) is 79.2 Å². The fourth-order valence-electron chi connectivity index (χ4n) is 1.83. The number of urea groups is 1. The fraction of sp³-hybridized carbons (Fsp3) is 0.286. The number of imidazole rings is 1. The van der Waals surface area contributed by atoms with Gasteiger partial charge in [-0.15, -0.1) is 0 Å². The molecular weight excluding hydrogens is 292 g/mol. The minimum absolute atomic E-state index is 0.121. The van der Waals surface area contributed by atoms with Crippen LogP contribution in [0.4, 0.5) is 16.4 Å². The number of nitrogens with zero attached hydrogens (tertiary/aromatic N) is 2. The zero-order valence-corrected chi connectivity index (χ0v) is 12.4. The van der Waals surface area contributed by atoms with Crippen molar-refractivity contribution < 1.29 is 9.90 Å². The van der Waals surface area contributed by atoms with Crippen LogP contribution in [-0.4, -0.2) is 20.7 Å². The van der Waals surface area contributed by atoms with E-state index >= 15 is 0 Å². The van der Waals surface area contributed by atoms with Gasteiger partial charge in [-0.05, 0) is 24.6 Å². The van der Waals surface area contributed by atoms with Crippen molar-refractivity contribution in [2.45, 2.75) is 26.3 Å². The predicted octanol–water partition coefficient (Wildman–Crippen LogP) is 3.69. The van der Waals surface area contributed by atoms with Crippen LogP contribution in [0.2, 0.25) is 5.02 Å². The van der Waals surface area contributed by atoms with Gasteiger partial charge in [0.25, 0.3) is 0 Å². The van der Waals surface area contributed by atoms with Crippen molar-refractivity contribution in [3.63, 3.8) is 0 Å². The minimum atomic E-state index is -0.444. The van der Waals surface area contributed by atoms with Crippen LogP contribution < -0.4 is 10.6 Å². The highest BCUT2D eigenvalue weighted by Crippen LogP contribution is 2.17. The summed E-state index contributed by atoms with van der Waals surface area (Å²) in [4.78, 5) is 15.8. The molecule has 1 aromatic carbocycles. The maximum atomic E-state index is 11.9. The molecule has 0 atom stereocenters. The molecule has 0 saturated carbocycles. The number of amides is 2. The van der Waals surface area contributed by atoms with Crippen LogP contribution in [-0.2, 0) is 6.54 Å². The van der Waals surface area contributed by atoms with Gasteiger partial charge >= 0.3 is 6.03 Å². The van der Waals surface area contributed by atoms with E-state index in [1.54, 1.807) is 28.8 Å². The van der Waals surface area contributed by atoms with Crippen LogP contribution in [0.3, 0.4) is 0 Å². The summed E-state index contributed by atoms with van der Waals surface area (Å²) in [7, 11) is 0. The molecule has 0 radical (unpaired) electrons. The Kier molecular flexibility index (Phi) is 5.05. The van der Waals surface area contributed by atoms with Crippen molar-refractivity contribution in [1.82, 2.24) is 9.55 Å². The molecule has 112 valence electrons. The van der Waals surface area contributed by atoms with Crippen LogP contribution >= 0.6 is 11.6 Å². The first-order chi connectivity index (χ1) is 10.1. The van der Waals surface area contributed by atoms with Crippen molar-refractivity contribution in [3.05, 3.63) is 35.5 Å². The first-order valence-electron chi connectivity index (χ1n) is 6.68. The lowest BCUT2D eigenvalue weighted by Gasteiger charge is -2.09. The summed E-state index contributed by atoms with van der Waals surface area (Å²) in [5, 5.41) is 15.2. The molecule has 7 heteroatoms. The number of aromatic nitrogens is 2. The molecule has 1 aromatic heterocycles. The number of nitrogens with one attached hydrogen (secondary N) is 2. The van der Waals surface area contributed by atoms with Crippen molar-refractivity contribution in [3.8, 4) is 5.88 Å². The minimum Gasteiger partial charge on any atom is -0.492 e. The number of hydrogen-bond donors (Lipinski definition) is 3. The number of rotatable bonds is 5. The van der Waals surface area contributed by atoms with Gasteiger partial charge in [0, 0.05) is 17.3 Å². The molecular formula is C14H17ClN4O2. The second-order valence-corrected chi connectivity index (χ2v) is 5.00. The Morgan fingerprint density at radius 3 is 2.95 bits per heavy atom. The Bertz CT molecular complexity index is 627. The number of aromatic hydroxyl groups is 1. The largest absolute Gasteiger partial charge is 0.492 e. The summed E-state index contributed by atoms with van der Waals surface area (Å²) < 4.78 is 1.70. The average Bonchev–Trinajstić information content (AvgIpc) is 2.76. The van der Waals surface area contributed by atoms with Gasteiger partial charge in [0.1, 0.15) is 0 Å². The average molecular weight is 309 g/mol. The van der Waals surface area contributed by atoms with E-state index in [0.29, 0.717) is 23.2 Å². The summed E-state index contributed by atoms with van der Waals surface area (Å²) in [5.41, 5.74) is 0.580. The van der Waals surface area contributed by atoms with Gasteiger partial charge < -0.3 is 15.0 Å². The molecule has 0 spiro atoms. The van der Waals surface area contributed by atoms with Crippen molar-refractivity contribution in [2.75, 3.05) is 10.6 Å². The predicted molar refractivity (Wildman–Crippen MR) is 82.9 cm³/mol. The van der Waals surface area contributed by atoms with E-state index in [1.165, 1.54) is 6.20 Å². The third-order valence-electron chi connectivity index (χ3n) is 2.82. The van der Waals surface area contributed by atoms with Gasteiger partial charge in [0.2, 0.25) is 11.8 Å². The maximum Gasteiger partial charge on any atom is 0.326 e. The zero-order chi connectivity index (χ0) is 15.2. The Balaban J connectivity index is 2.02. The molecule has 21 heavy (non-hydrogen) atoms. The van der Waals surface area contributed by atoms with E-state index in [-0.39, 0.29) is 5.88 Å². The molecule has 0 aliphatic heterocycles. The van der Waals surface area contributed by atoms with Gasteiger partial charge in [0.15, 0.2) is 0 Å². The first kappa shape index (κ1) is 15.2. The van der Waals surface area contributed by atoms with E-state index < -0.39 is 6.03 Å². The first-order valence-corrected chi connectivity index (χ1v) is 7.06. The third-order valence-corrected chi connectivity index (χ3v) is 3.06. The Morgan fingerprint density at radius 1 is 1.43 bits per heavy atom. The van der Waals surface area contributed by atoms with Crippen molar-refractivity contribution in [1.29, 1.82) is 0 Å². The summed E-state index contributed by atoms with van der Waals surface area (Å²) in [5.74, 6) is 0.185. The molecule has 1 heterocycles. The lowest BCUT2D eigenvalue weighted by molar-refractivity contribution is 0.262. The number of anilines is 2. The molecule has 0 bridgehead atoms. The molecule has 2 aromatic rings. The fourth-order valence-corrected chi connectivity index (χ4v) is 2.02. The van der Waals surface area contributed by atoms with E-state index in [1.807, 2.05) is 0 Å². The zero-order valence-electron chi connectivity index (χ0n) is 11.6. The smallest absolute Gasteiger partial charge is 0.326 e. The molecule has 2 rings (SSSR count). The molecule has 0 unspecified atom stereocenters. The van der Waals surface area contributed by atoms with Gasteiger partial charge in [-0.25, -0.2) is 4.79 Å². The van der Waals surface area contributed by atoms with E-state index in [4.69, 9.17) is 11.6 Å². The standard InChI is InChI=1S/C14H17ClN4O2/c1-2-3-7-19-9-12(20)17-13(19)18-14(21)16-11-6-4-5-10(15)8-11/h4-6,8-9,20H,2-3,7H2,1H3,(H2,16,17,18,21). The SMILES string of the molecule is CCCCn1cc(O)nc1NC(=O)Nc1cccc(Cl)c1. The van der Waals surface area contributed by atoms with Crippen LogP contribution in [0.25, 0.3) is 0 Å². The molecule has 0 saturated heterocycles. The molecule has 6 nitrogen and oxygen atoms in total. The van der Waals surface area contributed by atoms with E-state index in [0.717, 1.165) is 12.8 Å². The molecule has 0 aliphatic rings. The summed E-state index contributed by atoms with van der Waals surface area (Å²) >= 11 is 5.85. The normalized spacial score (nSPS) is 10.4. The maximum absolute atomic E-state index is 11.9. The van der Waals surface area contributed by atoms with Crippen molar-refractivity contribution in [2.24, 2.45) is 0 Å². The van der Waals surface area contributed by atoms with Crippen LogP contribution in [0, 0.1) is 0 Å². The van der Waals surface area contributed by atoms with Gasteiger partial charge in [-0.1, -0.05) is 31.0 Å². The number of hydrogen-bond acceptors (Lipinski definition) is 3. The number of benzene rings is 1. The lowest BCUT2D eigenvalue weighted by atomic mass is 10.3. The Morgan fingerprint density at radius 2 is 2.24 bits per heavy atom. The molecule has 2 amide bonds. The number of aryl methyl sites for hydroxylation is 1. The van der Waals surface area contributed by atoms with Crippen LogP contribution in [0.5, 0.6) is 5.88 Å². The monoisotopic (exact) mass is 308 g/mol. The number of unbranched alkanes of at least 4 members (excludes halogenated alkanes) is 1. The van der Waals surface area contributed by atoms with Gasteiger partial charge in [-0.2, -0.15) is 4.98 Å². The summed E-state index contributed by atoms with van der Waals surface area (Å²) in [6.45, 7) is 2.74. The summed E-state index contributed by atoms with van der Waals surface area (Å²) in [6.07, 6.45) is 3.43. The number of carbonyl (C=O) groups is 1. The second kappa shape index (κ2) is 6.99. The van der Waals surface area contributed by atoms with Gasteiger partial charge in [-0.3, -0.25) is 5.32 Å². The van der Waals surface area contributed by atoms with E-state index in [9.17, 15) is 9.90 Å². The molecule has 3 N–H and O–H groups in total. The quantitative estimate of drug-likeness (QED) is 0.788. The molecule has 0 fully saturated rings. The highest BCUT2D eigenvalue weighted by molar-refractivity contribution is 6.30. The highest BCUT2D eigenvalue weighted by atomic mass is 35.5. The van der Waals surface area contributed by atoms with Crippen LogP contribution in [0.15, 0.2) is 30.5 Å². The van der Waals surface area contributed by atoms with Gasteiger partial charge in [0.05, 0.1) is 6.20 Å². The Hall–Kier alpha value is -2.21. The third kappa shape index (κ3) is 4.39. The number of halogens is 1. The highest BCUT2D eigenvalue weighted by Gasteiger charge is 2.10. The van der Waals surface area contributed by atoms with E-state index in [2.05, 4.69) is 22.5 Å². The van der Waals surface area contributed by atoms with Crippen molar-refractivity contribution >= 4 is 29.3 Å². The number of carbonyl (C=O) groups excluding carboxylic acids is 1.